The molecule has 1 saturated heterocycles. The Morgan fingerprint density at radius 2 is 2.08 bits per heavy atom. The zero-order valence-corrected chi connectivity index (χ0v) is 16.1. The molecule has 1 N–H and O–H groups in total. The van der Waals surface area contributed by atoms with E-state index >= 15 is 0 Å². The number of fused-ring (bicyclic) bond motifs is 2. The maximum atomic E-state index is 12.7. The van der Waals surface area contributed by atoms with Gasteiger partial charge in [0.1, 0.15) is 0 Å². The van der Waals surface area contributed by atoms with Crippen LogP contribution in [-0.4, -0.2) is 39.6 Å². The molecule has 2 aliphatic rings. The molecular weight excluding hydrogens is 350 g/mol. The number of piperidine rings is 1. The number of nitrogens with zero attached hydrogens (tertiary/aromatic N) is 4. The van der Waals surface area contributed by atoms with E-state index < -0.39 is 0 Å². The van der Waals surface area contributed by atoms with Crippen LogP contribution in [0.1, 0.15) is 50.8 Å². The summed E-state index contributed by atoms with van der Waals surface area (Å²) in [7, 11) is 0. The lowest BCUT2D eigenvalue weighted by Gasteiger charge is -2.31. The van der Waals surface area contributed by atoms with Crippen LogP contribution in [0.25, 0.3) is 4.96 Å². The van der Waals surface area contributed by atoms with Crippen LogP contribution < -0.4 is 15.8 Å². The fourth-order valence-corrected chi connectivity index (χ4v) is 4.80. The second kappa shape index (κ2) is 6.98. The molecule has 0 aromatic carbocycles. The van der Waals surface area contributed by atoms with Crippen LogP contribution in [0.5, 0.6) is 0 Å². The van der Waals surface area contributed by atoms with Gasteiger partial charge in [-0.05, 0) is 52.4 Å². The molecule has 1 amide bonds. The lowest BCUT2D eigenvalue weighted by Crippen LogP contribution is -2.44. The summed E-state index contributed by atoms with van der Waals surface area (Å²) >= 11 is 1.45. The van der Waals surface area contributed by atoms with E-state index in [-0.39, 0.29) is 23.4 Å². The molecule has 2 aromatic rings. The summed E-state index contributed by atoms with van der Waals surface area (Å²) in [5.41, 5.74) is 1.76. The monoisotopic (exact) mass is 375 g/mol. The van der Waals surface area contributed by atoms with Gasteiger partial charge in [-0.25, -0.2) is 4.98 Å². The predicted octanol–water partition coefficient (Wildman–Crippen LogP) is 1.77. The van der Waals surface area contributed by atoms with Crippen LogP contribution in [0, 0.1) is 5.92 Å². The van der Waals surface area contributed by atoms with Crippen molar-refractivity contribution in [2.75, 3.05) is 18.0 Å². The van der Waals surface area contributed by atoms with Crippen LogP contribution in [0.4, 0.5) is 5.13 Å². The minimum atomic E-state index is -0.0314. The summed E-state index contributed by atoms with van der Waals surface area (Å²) in [6, 6.07) is 0.148. The second-order valence-electron chi connectivity index (χ2n) is 7.58. The van der Waals surface area contributed by atoms with E-state index in [1.807, 2.05) is 13.8 Å². The highest BCUT2D eigenvalue weighted by Crippen LogP contribution is 2.28. The van der Waals surface area contributed by atoms with Crippen LogP contribution in [0.3, 0.4) is 0 Å². The Hall–Kier alpha value is -1.96. The van der Waals surface area contributed by atoms with Crippen molar-refractivity contribution in [1.29, 1.82) is 0 Å². The van der Waals surface area contributed by atoms with E-state index in [2.05, 4.69) is 15.3 Å². The molecule has 140 valence electrons. The number of aromatic nitrogens is 3. The smallest absolute Gasteiger partial charge is 0.278 e. The summed E-state index contributed by atoms with van der Waals surface area (Å²) in [5, 5.41) is 8.35. The van der Waals surface area contributed by atoms with E-state index in [1.165, 1.54) is 15.9 Å². The van der Waals surface area contributed by atoms with Gasteiger partial charge in [0.25, 0.3) is 5.56 Å². The second-order valence-corrected chi connectivity index (χ2v) is 8.51. The molecule has 8 heteroatoms. The third-order valence-corrected chi connectivity index (χ3v) is 6.13. The summed E-state index contributed by atoms with van der Waals surface area (Å²) in [6.07, 6.45) is 5.68. The third kappa shape index (κ3) is 3.22. The molecular formula is C18H25N5O2S. The van der Waals surface area contributed by atoms with Gasteiger partial charge < -0.3 is 10.2 Å². The van der Waals surface area contributed by atoms with Crippen molar-refractivity contribution in [3.05, 3.63) is 21.6 Å². The number of amides is 1. The van der Waals surface area contributed by atoms with Crippen molar-refractivity contribution in [1.82, 2.24) is 19.9 Å². The third-order valence-electron chi connectivity index (χ3n) is 5.16. The minimum absolute atomic E-state index is 0.0155. The fraction of sp³-hybridized carbons (Fsp3) is 0.667. The minimum Gasteiger partial charge on any atom is -0.354 e. The molecule has 1 unspecified atom stereocenters. The Morgan fingerprint density at radius 1 is 1.27 bits per heavy atom. The number of nitrogens with one attached hydrogen (secondary N) is 1. The number of rotatable bonds is 3. The Balaban J connectivity index is 1.61. The molecule has 26 heavy (non-hydrogen) atoms. The van der Waals surface area contributed by atoms with E-state index in [9.17, 15) is 9.59 Å². The quantitative estimate of drug-likeness (QED) is 0.884. The zero-order chi connectivity index (χ0) is 18.3. The molecule has 7 nitrogen and oxygen atoms in total. The Bertz CT molecular complexity index is 888. The number of carbonyl (C=O) groups is 1. The normalized spacial score (nSPS) is 20.4. The zero-order valence-electron chi connectivity index (χ0n) is 15.3. The number of hydrogen-bond donors (Lipinski definition) is 1. The maximum absolute atomic E-state index is 12.7. The largest absolute Gasteiger partial charge is 0.354 e. The van der Waals surface area contributed by atoms with Gasteiger partial charge in [0.05, 0.1) is 11.6 Å². The summed E-state index contributed by atoms with van der Waals surface area (Å²) in [4.78, 5) is 32.6. The number of hydrogen-bond acceptors (Lipinski definition) is 6. The Kier molecular flexibility index (Phi) is 4.69. The molecule has 1 atom stereocenters. The van der Waals surface area contributed by atoms with Crippen LogP contribution in [-0.2, 0) is 17.6 Å². The first kappa shape index (κ1) is 17.5. The summed E-state index contributed by atoms with van der Waals surface area (Å²) in [6.45, 7) is 5.46. The molecule has 1 fully saturated rings. The van der Waals surface area contributed by atoms with Crippen molar-refractivity contribution in [2.24, 2.45) is 5.92 Å². The van der Waals surface area contributed by atoms with Gasteiger partial charge in [-0.15, -0.1) is 5.10 Å². The van der Waals surface area contributed by atoms with Crippen LogP contribution in [0.2, 0.25) is 0 Å². The highest BCUT2D eigenvalue weighted by molar-refractivity contribution is 7.20. The van der Waals surface area contributed by atoms with E-state index in [4.69, 9.17) is 4.98 Å². The highest BCUT2D eigenvalue weighted by atomic mass is 32.1. The van der Waals surface area contributed by atoms with Crippen molar-refractivity contribution in [3.63, 3.8) is 0 Å². The van der Waals surface area contributed by atoms with Gasteiger partial charge >= 0.3 is 0 Å². The molecule has 0 radical (unpaired) electrons. The van der Waals surface area contributed by atoms with Crippen molar-refractivity contribution in [3.8, 4) is 0 Å². The lowest BCUT2D eigenvalue weighted by molar-refractivity contribution is -0.125. The van der Waals surface area contributed by atoms with Crippen LogP contribution in [0.15, 0.2) is 4.79 Å². The first-order valence-electron chi connectivity index (χ1n) is 9.50. The topological polar surface area (TPSA) is 79.6 Å². The highest BCUT2D eigenvalue weighted by Gasteiger charge is 2.28. The number of carbonyl (C=O) groups excluding carboxylic acids is 1. The standard InChI is InChI=1S/C18H25N5O2S/c1-11(2)19-15(24)12-6-5-9-22(10-12)18-21-23-16(25)13-7-3-4-8-14(13)20-17(23)26-18/h11-12H,3-10H2,1-2H3,(H,19,24). The van der Waals surface area contributed by atoms with E-state index in [0.717, 1.165) is 61.5 Å². The Labute approximate surface area is 156 Å². The predicted molar refractivity (Wildman–Crippen MR) is 102 cm³/mol. The molecule has 0 spiro atoms. The maximum Gasteiger partial charge on any atom is 0.278 e. The average molecular weight is 375 g/mol. The van der Waals surface area contributed by atoms with Crippen LogP contribution >= 0.6 is 11.3 Å². The van der Waals surface area contributed by atoms with Crippen molar-refractivity contribution >= 4 is 27.3 Å². The fourth-order valence-electron chi connectivity index (χ4n) is 3.86. The lowest BCUT2D eigenvalue weighted by atomic mass is 9.97. The van der Waals surface area contributed by atoms with Gasteiger partial charge in [0.2, 0.25) is 16.0 Å². The van der Waals surface area contributed by atoms with Gasteiger partial charge in [0, 0.05) is 24.7 Å². The average Bonchev–Trinajstić information content (AvgIpc) is 3.06. The van der Waals surface area contributed by atoms with E-state index in [0.29, 0.717) is 11.5 Å². The molecule has 2 aromatic heterocycles. The number of anilines is 1. The molecule has 1 aliphatic heterocycles. The molecule has 1 aliphatic carbocycles. The molecule has 0 bridgehead atoms. The first-order valence-corrected chi connectivity index (χ1v) is 10.3. The van der Waals surface area contributed by atoms with Crippen molar-refractivity contribution in [2.45, 2.75) is 58.4 Å². The van der Waals surface area contributed by atoms with Gasteiger partial charge in [0.15, 0.2) is 0 Å². The van der Waals surface area contributed by atoms with Crippen molar-refractivity contribution < 1.29 is 4.79 Å². The SMILES string of the molecule is CC(C)NC(=O)C1CCCN(c2nn3c(=O)c4c(nc3s2)CCCC4)C1. The van der Waals surface area contributed by atoms with Gasteiger partial charge in [-0.1, -0.05) is 11.3 Å². The molecule has 0 saturated carbocycles. The molecule has 3 heterocycles. The van der Waals surface area contributed by atoms with Gasteiger partial charge in [-0.3, -0.25) is 9.59 Å². The van der Waals surface area contributed by atoms with E-state index in [1.54, 1.807) is 0 Å². The summed E-state index contributed by atoms with van der Waals surface area (Å²) < 4.78 is 1.46. The summed E-state index contributed by atoms with van der Waals surface area (Å²) in [5.74, 6) is 0.0765. The van der Waals surface area contributed by atoms with Gasteiger partial charge in [-0.2, -0.15) is 4.52 Å². The number of aryl methyl sites for hydroxylation is 1. The Morgan fingerprint density at radius 3 is 2.88 bits per heavy atom. The molecule has 4 rings (SSSR count). The first-order chi connectivity index (χ1) is 12.5.